The molecule has 1 atom stereocenters. The molecule has 1 unspecified atom stereocenters. The van der Waals surface area contributed by atoms with Gasteiger partial charge < -0.3 is 10.1 Å². The van der Waals surface area contributed by atoms with Gasteiger partial charge in [-0.25, -0.2) is 4.68 Å². The van der Waals surface area contributed by atoms with Crippen LogP contribution in [0.4, 0.5) is 0 Å². The first-order valence-corrected chi connectivity index (χ1v) is 6.75. The van der Waals surface area contributed by atoms with E-state index in [9.17, 15) is 9.59 Å². The van der Waals surface area contributed by atoms with Crippen LogP contribution in [0.15, 0.2) is 17.1 Å². The quantitative estimate of drug-likeness (QED) is 0.840. The molecule has 0 amide bonds. The average molecular weight is 289 g/mol. The summed E-state index contributed by atoms with van der Waals surface area (Å²) in [7, 11) is 0. The van der Waals surface area contributed by atoms with Crippen LogP contribution < -0.4 is 5.43 Å². The van der Waals surface area contributed by atoms with Gasteiger partial charge in [0.2, 0.25) is 0 Å². The standard InChI is InChI=1S/C13H15N5O3/c1-7-4-11(19)9(6-14-7)13-15-16-17-18(13)10(5-12(20)21)8-2-3-8/h4,6,8,10H,2-3,5H2,1H3,(H,14,19)(H,20,21). The van der Waals surface area contributed by atoms with Crippen molar-refractivity contribution in [3.63, 3.8) is 0 Å². The largest absolute Gasteiger partial charge is 0.481 e. The fraction of sp³-hybridized carbons (Fsp3) is 0.462. The predicted molar refractivity (Wildman–Crippen MR) is 72.6 cm³/mol. The SMILES string of the molecule is Cc1cc(=O)c(-c2nnnn2C(CC(=O)O)C2CC2)c[nH]1. The maximum atomic E-state index is 12.1. The number of nitrogens with one attached hydrogen (secondary N) is 1. The Morgan fingerprint density at radius 2 is 2.33 bits per heavy atom. The van der Waals surface area contributed by atoms with Gasteiger partial charge in [0.15, 0.2) is 11.3 Å². The van der Waals surface area contributed by atoms with Crippen molar-refractivity contribution in [1.82, 2.24) is 25.2 Å². The van der Waals surface area contributed by atoms with E-state index in [-0.39, 0.29) is 23.8 Å². The Kier molecular flexibility index (Phi) is 3.28. The number of aromatic amines is 1. The van der Waals surface area contributed by atoms with Gasteiger partial charge in [-0.2, -0.15) is 0 Å². The van der Waals surface area contributed by atoms with E-state index in [1.54, 1.807) is 13.1 Å². The van der Waals surface area contributed by atoms with Gasteiger partial charge in [-0.3, -0.25) is 9.59 Å². The molecule has 8 nitrogen and oxygen atoms in total. The molecule has 0 bridgehead atoms. The molecule has 3 rings (SSSR count). The zero-order valence-electron chi connectivity index (χ0n) is 11.5. The summed E-state index contributed by atoms with van der Waals surface area (Å²) in [6, 6.07) is 1.16. The highest BCUT2D eigenvalue weighted by molar-refractivity contribution is 5.67. The third-order valence-corrected chi connectivity index (χ3v) is 3.66. The molecule has 2 aromatic heterocycles. The molecule has 21 heavy (non-hydrogen) atoms. The van der Waals surface area contributed by atoms with Crippen LogP contribution in [0.2, 0.25) is 0 Å². The van der Waals surface area contributed by atoms with Crippen molar-refractivity contribution in [2.45, 2.75) is 32.2 Å². The van der Waals surface area contributed by atoms with Crippen molar-refractivity contribution >= 4 is 5.97 Å². The normalized spacial score (nSPS) is 15.9. The Morgan fingerprint density at radius 3 is 2.95 bits per heavy atom. The first kappa shape index (κ1) is 13.5. The number of H-pyrrole nitrogens is 1. The van der Waals surface area contributed by atoms with E-state index in [2.05, 4.69) is 20.5 Å². The van der Waals surface area contributed by atoms with Gasteiger partial charge >= 0.3 is 5.97 Å². The minimum absolute atomic E-state index is 0.0491. The van der Waals surface area contributed by atoms with Crippen LogP contribution >= 0.6 is 0 Å². The molecule has 110 valence electrons. The van der Waals surface area contributed by atoms with Crippen LogP contribution in [0.3, 0.4) is 0 Å². The third-order valence-electron chi connectivity index (χ3n) is 3.66. The number of carbonyl (C=O) groups is 1. The average Bonchev–Trinajstić information content (AvgIpc) is 3.14. The minimum Gasteiger partial charge on any atom is -0.481 e. The van der Waals surface area contributed by atoms with Gasteiger partial charge in [-0.1, -0.05) is 0 Å². The minimum atomic E-state index is -0.897. The Hall–Kier alpha value is -2.51. The highest BCUT2D eigenvalue weighted by Crippen LogP contribution is 2.42. The van der Waals surface area contributed by atoms with Crippen LogP contribution in [0.1, 0.15) is 31.0 Å². The molecule has 1 fully saturated rings. The molecule has 2 heterocycles. The lowest BCUT2D eigenvalue weighted by molar-refractivity contribution is -0.138. The van der Waals surface area contributed by atoms with E-state index >= 15 is 0 Å². The van der Waals surface area contributed by atoms with Crippen LogP contribution in [0, 0.1) is 12.8 Å². The highest BCUT2D eigenvalue weighted by atomic mass is 16.4. The summed E-state index contributed by atoms with van der Waals surface area (Å²) < 4.78 is 1.48. The third kappa shape index (κ3) is 2.69. The Balaban J connectivity index is 2.03. The van der Waals surface area contributed by atoms with Gasteiger partial charge in [0, 0.05) is 18.0 Å². The van der Waals surface area contributed by atoms with Gasteiger partial charge in [0.25, 0.3) is 0 Å². The van der Waals surface area contributed by atoms with Crippen molar-refractivity contribution in [2.24, 2.45) is 5.92 Å². The Bertz CT molecular complexity index is 731. The summed E-state index contributed by atoms with van der Waals surface area (Å²) in [5, 5.41) is 20.5. The summed E-state index contributed by atoms with van der Waals surface area (Å²) in [5.74, 6) is -0.326. The van der Waals surface area contributed by atoms with Crippen molar-refractivity contribution in [3.8, 4) is 11.4 Å². The number of carboxylic acids is 1. The lowest BCUT2D eigenvalue weighted by Crippen LogP contribution is -2.20. The number of pyridine rings is 1. The molecule has 0 saturated heterocycles. The van der Waals surface area contributed by atoms with Crippen molar-refractivity contribution in [2.75, 3.05) is 0 Å². The van der Waals surface area contributed by atoms with Crippen LogP contribution in [-0.2, 0) is 4.79 Å². The fourth-order valence-corrected chi connectivity index (χ4v) is 2.45. The van der Waals surface area contributed by atoms with Gasteiger partial charge in [-0.15, -0.1) is 5.10 Å². The van der Waals surface area contributed by atoms with E-state index in [0.29, 0.717) is 11.4 Å². The van der Waals surface area contributed by atoms with E-state index in [0.717, 1.165) is 18.5 Å². The second kappa shape index (κ2) is 5.12. The zero-order valence-corrected chi connectivity index (χ0v) is 11.5. The molecule has 2 aromatic rings. The number of rotatable bonds is 5. The van der Waals surface area contributed by atoms with Crippen LogP contribution in [0.25, 0.3) is 11.4 Å². The molecule has 1 aliphatic carbocycles. The van der Waals surface area contributed by atoms with E-state index < -0.39 is 5.97 Å². The summed E-state index contributed by atoms with van der Waals surface area (Å²) in [6.07, 6.45) is 3.43. The van der Waals surface area contributed by atoms with Crippen molar-refractivity contribution < 1.29 is 9.90 Å². The molecule has 8 heteroatoms. The smallest absolute Gasteiger partial charge is 0.305 e. The van der Waals surface area contributed by atoms with Gasteiger partial charge in [0.1, 0.15) is 0 Å². The summed E-state index contributed by atoms with van der Waals surface area (Å²) in [4.78, 5) is 26.1. The van der Waals surface area contributed by atoms with Gasteiger partial charge in [0.05, 0.1) is 18.0 Å². The van der Waals surface area contributed by atoms with Crippen molar-refractivity contribution in [3.05, 3.63) is 28.2 Å². The second-order valence-corrected chi connectivity index (χ2v) is 5.34. The Morgan fingerprint density at radius 1 is 1.57 bits per heavy atom. The number of carboxylic acid groups (broad SMARTS) is 1. The number of hydrogen-bond donors (Lipinski definition) is 2. The molecule has 0 radical (unpaired) electrons. The summed E-state index contributed by atoms with van der Waals surface area (Å²) in [5.41, 5.74) is 0.904. The lowest BCUT2D eigenvalue weighted by atomic mass is 10.1. The molecule has 1 aliphatic rings. The first-order chi connectivity index (χ1) is 10.1. The number of aromatic nitrogens is 5. The van der Waals surface area contributed by atoms with E-state index in [1.807, 2.05) is 0 Å². The molecule has 1 saturated carbocycles. The second-order valence-electron chi connectivity index (χ2n) is 5.34. The number of tetrazole rings is 1. The van der Waals surface area contributed by atoms with Gasteiger partial charge in [-0.05, 0) is 36.1 Å². The summed E-state index contributed by atoms with van der Waals surface area (Å²) >= 11 is 0. The van der Waals surface area contributed by atoms with Crippen molar-refractivity contribution in [1.29, 1.82) is 0 Å². The molecule has 0 aromatic carbocycles. The van der Waals surface area contributed by atoms with E-state index in [1.165, 1.54) is 10.7 Å². The summed E-state index contributed by atoms with van der Waals surface area (Å²) in [6.45, 7) is 1.78. The van der Waals surface area contributed by atoms with E-state index in [4.69, 9.17) is 5.11 Å². The first-order valence-electron chi connectivity index (χ1n) is 6.75. The fourth-order valence-electron chi connectivity index (χ4n) is 2.45. The topological polar surface area (TPSA) is 114 Å². The zero-order chi connectivity index (χ0) is 15.0. The number of nitrogens with zero attached hydrogens (tertiary/aromatic N) is 4. The number of aryl methyl sites for hydroxylation is 1. The maximum Gasteiger partial charge on any atom is 0.305 e. The highest BCUT2D eigenvalue weighted by Gasteiger charge is 2.36. The maximum absolute atomic E-state index is 12.1. The molecule has 0 aliphatic heterocycles. The molecular formula is C13H15N5O3. The van der Waals surface area contributed by atoms with Crippen LogP contribution in [-0.4, -0.2) is 36.3 Å². The monoisotopic (exact) mass is 289 g/mol. The predicted octanol–water partition coefficient (Wildman–Crippen LogP) is 0.763. The molecule has 0 spiro atoms. The number of aliphatic carboxylic acids is 1. The molecular weight excluding hydrogens is 274 g/mol. The lowest BCUT2D eigenvalue weighted by Gasteiger charge is -2.15. The molecule has 2 N–H and O–H groups in total. The number of hydrogen-bond acceptors (Lipinski definition) is 5. The van der Waals surface area contributed by atoms with Crippen LogP contribution in [0.5, 0.6) is 0 Å². The Labute approximate surface area is 119 Å².